The summed E-state index contributed by atoms with van der Waals surface area (Å²) in [6.07, 6.45) is 0.106. The first-order chi connectivity index (χ1) is 10.3. The van der Waals surface area contributed by atoms with Gasteiger partial charge in [-0.1, -0.05) is 0 Å². The Hall–Kier alpha value is -1.63. The molecule has 7 nitrogen and oxygen atoms in total. The molecule has 0 aliphatic heterocycles. The fraction of sp³-hybridized carbons (Fsp3) is 0.812. The molecule has 0 bridgehead atoms. The number of amides is 1. The van der Waals surface area contributed by atoms with Gasteiger partial charge in [0.1, 0.15) is 11.2 Å². The maximum absolute atomic E-state index is 11.8. The Morgan fingerprint density at radius 1 is 0.826 bits per heavy atom. The van der Waals surface area contributed by atoms with E-state index in [0.717, 1.165) is 0 Å². The highest BCUT2D eigenvalue weighted by atomic mass is 16.6. The van der Waals surface area contributed by atoms with Gasteiger partial charge in [0.15, 0.2) is 0 Å². The molecule has 0 aliphatic rings. The molecule has 1 amide bonds. The lowest BCUT2D eigenvalue weighted by atomic mass is 10.2. The number of rotatable bonds is 7. The average molecular weight is 330 g/mol. The van der Waals surface area contributed by atoms with Crippen molar-refractivity contribution in [3.8, 4) is 0 Å². The monoisotopic (exact) mass is 330 g/mol. The zero-order valence-electron chi connectivity index (χ0n) is 15.1. The predicted octanol–water partition coefficient (Wildman–Crippen LogP) is 1.24. The Balaban J connectivity index is 4.46. The van der Waals surface area contributed by atoms with Gasteiger partial charge in [0, 0.05) is 13.1 Å². The topological polar surface area (TPSA) is 98.9 Å². The normalized spacial score (nSPS) is 11.8. The van der Waals surface area contributed by atoms with Crippen LogP contribution >= 0.6 is 0 Å². The zero-order valence-corrected chi connectivity index (χ0v) is 15.1. The first-order valence-electron chi connectivity index (χ1n) is 7.75. The van der Waals surface area contributed by atoms with Gasteiger partial charge in [0.25, 0.3) is 0 Å². The Labute approximate surface area is 138 Å². The Kier molecular flexibility index (Phi) is 8.23. The van der Waals surface area contributed by atoms with E-state index in [2.05, 4.69) is 0 Å². The van der Waals surface area contributed by atoms with Crippen molar-refractivity contribution in [1.29, 1.82) is 0 Å². The van der Waals surface area contributed by atoms with Crippen LogP contribution in [0.5, 0.6) is 0 Å². The molecule has 0 atom stereocenters. The fourth-order valence-electron chi connectivity index (χ4n) is 1.73. The molecule has 134 valence electrons. The van der Waals surface area contributed by atoms with Crippen molar-refractivity contribution in [3.05, 3.63) is 0 Å². The van der Waals surface area contributed by atoms with Crippen LogP contribution in [-0.4, -0.2) is 53.6 Å². The molecule has 2 N–H and O–H groups in total. The lowest BCUT2D eigenvalue weighted by Crippen LogP contribution is -2.40. The van der Waals surface area contributed by atoms with Crippen LogP contribution in [0.15, 0.2) is 0 Å². The van der Waals surface area contributed by atoms with E-state index in [0.29, 0.717) is 0 Å². The van der Waals surface area contributed by atoms with Crippen LogP contribution in [0, 0.1) is 0 Å². The highest BCUT2D eigenvalue weighted by Crippen LogP contribution is 2.10. The SMILES string of the molecule is CC(C)(C)OC(=O)CCN(CCC(=O)OC(C)(C)C)C(=O)CN. The molecule has 0 aromatic heterocycles. The number of hydrogen-bond acceptors (Lipinski definition) is 6. The molecule has 0 saturated carbocycles. The Bertz CT molecular complexity index is 389. The van der Waals surface area contributed by atoms with Crippen LogP contribution < -0.4 is 5.73 Å². The summed E-state index contributed by atoms with van der Waals surface area (Å²) in [6.45, 7) is 10.8. The summed E-state index contributed by atoms with van der Waals surface area (Å²) in [5.74, 6) is -1.12. The summed E-state index contributed by atoms with van der Waals surface area (Å²) in [6, 6.07) is 0. The lowest BCUT2D eigenvalue weighted by Gasteiger charge is -2.24. The minimum absolute atomic E-state index is 0.0529. The molecule has 0 heterocycles. The molecule has 0 spiro atoms. The second-order valence-electron chi connectivity index (χ2n) is 7.26. The number of nitrogens with two attached hydrogens (primary N) is 1. The van der Waals surface area contributed by atoms with E-state index in [1.807, 2.05) is 0 Å². The van der Waals surface area contributed by atoms with Gasteiger partial charge < -0.3 is 20.1 Å². The van der Waals surface area contributed by atoms with Gasteiger partial charge >= 0.3 is 11.9 Å². The van der Waals surface area contributed by atoms with Crippen LogP contribution in [0.2, 0.25) is 0 Å². The standard InChI is InChI=1S/C16H30N2O5/c1-15(2,3)22-13(20)7-9-18(12(19)11-17)10-8-14(21)23-16(4,5)6/h7-11,17H2,1-6H3. The molecule has 0 radical (unpaired) electrons. The van der Waals surface area contributed by atoms with E-state index in [1.54, 1.807) is 41.5 Å². The van der Waals surface area contributed by atoms with Crippen molar-refractivity contribution in [3.63, 3.8) is 0 Å². The van der Waals surface area contributed by atoms with Crippen LogP contribution in [0.25, 0.3) is 0 Å². The molecule has 23 heavy (non-hydrogen) atoms. The van der Waals surface area contributed by atoms with Gasteiger partial charge in [0.2, 0.25) is 5.91 Å². The average Bonchev–Trinajstić information content (AvgIpc) is 2.33. The summed E-state index contributed by atoms with van der Waals surface area (Å²) in [4.78, 5) is 36.6. The van der Waals surface area contributed by atoms with E-state index >= 15 is 0 Å². The summed E-state index contributed by atoms with van der Waals surface area (Å²) in [5, 5.41) is 0. The van der Waals surface area contributed by atoms with E-state index in [4.69, 9.17) is 15.2 Å². The predicted molar refractivity (Wildman–Crippen MR) is 86.6 cm³/mol. The molecule has 0 aromatic rings. The second-order valence-corrected chi connectivity index (χ2v) is 7.26. The number of carbonyl (C=O) groups excluding carboxylic acids is 3. The minimum atomic E-state index is -0.573. The van der Waals surface area contributed by atoms with Crippen LogP contribution in [-0.2, 0) is 23.9 Å². The third-order valence-corrected chi connectivity index (χ3v) is 2.54. The van der Waals surface area contributed by atoms with Crippen LogP contribution in [0.1, 0.15) is 54.4 Å². The van der Waals surface area contributed by atoms with E-state index in [-0.39, 0.29) is 38.4 Å². The Morgan fingerprint density at radius 3 is 1.43 bits per heavy atom. The van der Waals surface area contributed by atoms with Crippen molar-refractivity contribution in [1.82, 2.24) is 4.90 Å². The van der Waals surface area contributed by atoms with Crippen LogP contribution in [0.4, 0.5) is 0 Å². The molecule has 0 saturated heterocycles. The second kappa shape index (κ2) is 8.86. The number of esters is 2. The van der Waals surface area contributed by atoms with Gasteiger partial charge in [-0.2, -0.15) is 0 Å². The van der Waals surface area contributed by atoms with Crippen molar-refractivity contribution in [2.45, 2.75) is 65.6 Å². The number of nitrogens with zero attached hydrogens (tertiary/aromatic N) is 1. The Morgan fingerprint density at radius 2 is 1.17 bits per heavy atom. The van der Waals surface area contributed by atoms with Gasteiger partial charge in [0.05, 0.1) is 19.4 Å². The first-order valence-corrected chi connectivity index (χ1v) is 7.75. The molecule has 0 rings (SSSR count). The molecular weight excluding hydrogens is 300 g/mol. The van der Waals surface area contributed by atoms with Gasteiger partial charge in [-0.15, -0.1) is 0 Å². The van der Waals surface area contributed by atoms with Gasteiger partial charge in [-0.25, -0.2) is 0 Å². The number of ether oxygens (including phenoxy) is 2. The molecule has 0 unspecified atom stereocenters. The fourth-order valence-corrected chi connectivity index (χ4v) is 1.73. The van der Waals surface area contributed by atoms with E-state index in [1.165, 1.54) is 4.90 Å². The van der Waals surface area contributed by atoms with Gasteiger partial charge in [-0.3, -0.25) is 14.4 Å². The maximum atomic E-state index is 11.8. The van der Waals surface area contributed by atoms with Crippen molar-refractivity contribution in [2.24, 2.45) is 5.73 Å². The summed E-state index contributed by atoms with van der Waals surface area (Å²) in [7, 11) is 0. The lowest BCUT2D eigenvalue weighted by molar-refractivity contribution is -0.155. The smallest absolute Gasteiger partial charge is 0.308 e. The molecule has 0 aliphatic carbocycles. The van der Waals surface area contributed by atoms with Crippen molar-refractivity contribution >= 4 is 17.8 Å². The summed E-state index contributed by atoms with van der Waals surface area (Å²) < 4.78 is 10.4. The highest BCUT2D eigenvalue weighted by Gasteiger charge is 2.21. The summed E-state index contributed by atoms with van der Waals surface area (Å²) >= 11 is 0. The minimum Gasteiger partial charge on any atom is -0.460 e. The third-order valence-electron chi connectivity index (χ3n) is 2.54. The van der Waals surface area contributed by atoms with E-state index in [9.17, 15) is 14.4 Å². The maximum Gasteiger partial charge on any atom is 0.308 e. The van der Waals surface area contributed by atoms with Crippen LogP contribution in [0.3, 0.4) is 0 Å². The van der Waals surface area contributed by atoms with Gasteiger partial charge in [-0.05, 0) is 41.5 Å². The van der Waals surface area contributed by atoms with Crippen molar-refractivity contribution in [2.75, 3.05) is 19.6 Å². The zero-order chi connectivity index (χ0) is 18.3. The quantitative estimate of drug-likeness (QED) is 0.705. The summed E-state index contributed by atoms with van der Waals surface area (Å²) in [5.41, 5.74) is 4.22. The molecule has 7 heteroatoms. The largest absolute Gasteiger partial charge is 0.460 e. The van der Waals surface area contributed by atoms with Crippen molar-refractivity contribution < 1.29 is 23.9 Å². The number of carbonyl (C=O) groups is 3. The molecule has 0 fully saturated rings. The molecular formula is C16H30N2O5. The van der Waals surface area contributed by atoms with E-state index < -0.39 is 23.1 Å². The first kappa shape index (κ1) is 21.4. The number of hydrogen-bond donors (Lipinski definition) is 1. The highest BCUT2D eigenvalue weighted by molar-refractivity contribution is 5.79. The molecule has 0 aromatic carbocycles. The third kappa shape index (κ3) is 11.6.